The number of carbonyl (C=O) groups is 1. The molecule has 2 heterocycles. The number of pyridine rings is 1. The van der Waals surface area contributed by atoms with Crippen molar-refractivity contribution < 1.29 is 9.90 Å². The molecule has 0 radical (unpaired) electrons. The van der Waals surface area contributed by atoms with Gasteiger partial charge in [-0.05, 0) is 12.1 Å². The fourth-order valence-corrected chi connectivity index (χ4v) is 1.91. The van der Waals surface area contributed by atoms with Crippen LogP contribution in [0.25, 0.3) is 5.52 Å². The third-order valence-electron chi connectivity index (χ3n) is 2.38. The SMILES string of the molecule is CC(C)c1nc(Cl)c2cccc(C(=O)O)n12. The van der Waals surface area contributed by atoms with Crippen molar-refractivity contribution in [1.82, 2.24) is 9.38 Å². The summed E-state index contributed by atoms with van der Waals surface area (Å²) < 4.78 is 1.59. The van der Waals surface area contributed by atoms with Gasteiger partial charge in [-0.1, -0.05) is 31.5 Å². The molecule has 2 rings (SSSR count). The van der Waals surface area contributed by atoms with E-state index < -0.39 is 5.97 Å². The summed E-state index contributed by atoms with van der Waals surface area (Å²) in [6.07, 6.45) is 0. The monoisotopic (exact) mass is 238 g/mol. The number of carboxylic acids is 1. The fourth-order valence-electron chi connectivity index (χ4n) is 1.68. The zero-order valence-electron chi connectivity index (χ0n) is 8.94. The smallest absolute Gasteiger partial charge is 0.352 e. The second-order valence-corrected chi connectivity index (χ2v) is 4.21. The summed E-state index contributed by atoms with van der Waals surface area (Å²) in [7, 11) is 0. The highest BCUT2D eigenvalue weighted by molar-refractivity contribution is 6.32. The number of aromatic carboxylic acids is 1. The average Bonchev–Trinajstić information content (AvgIpc) is 2.56. The Balaban J connectivity index is 2.88. The van der Waals surface area contributed by atoms with Crippen LogP contribution in [0.2, 0.25) is 5.15 Å². The molecule has 0 fully saturated rings. The van der Waals surface area contributed by atoms with E-state index in [1.165, 1.54) is 0 Å². The minimum Gasteiger partial charge on any atom is -0.477 e. The summed E-state index contributed by atoms with van der Waals surface area (Å²) in [4.78, 5) is 15.3. The number of fused-ring (bicyclic) bond motifs is 1. The molecule has 2 aromatic heterocycles. The number of hydrogen-bond acceptors (Lipinski definition) is 2. The van der Waals surface area contributed by atoms with Crippen LogP contribution in [0.4, 0.5) is 0 Å². The molecule has 0 aliphatic heterocycles. The van der Waals surface area contributed by atoms with E-state index in [9.17, 15) is 4.79 Å². The first-order chi connectivity index (χ1) is 7.52. The second kappa shape index (κ2) is 3.79. The molecule has 0 spiro atoms. The van der Waals surface area contributed by atoms with Crippen molar-refractivity contribution >= 4 is 23.1 Å². The molecule has 2 aromatic rings. The highest BCUT2D eigenvalue weighted by Crippen LogP contribution is 2.24. The Labute approximate surface area is 97.5 Å². The Morgan fingerprint density at radius 3 is 2.75 bits per heavy atom. The number of carboxylic acid groups (broad SMARTS) is 1. The van der Waals surface area contributed by atoms with Gasteiger partial charge in [0.15, 0.2) is 5.15 Å². The predicted octanol–water partition coefficient (Wildman–Crippen LogP) is 2.81. The summed E-state index contributed by atoms with van der Waals surface area (Å²) in [5.41, 5.74) is 0.811. The first-order valence-corrected chi connectivity index (χ1v) is 5.30. The molecule has 0 unspecified atom stereocenters. The van der Waals surface area contributed by atoms with Crippen molar-refractivity contribution in [1.29, 1.82) is 0 Å². The van der Waals surface area contributed by atoms with Gasteiger partial charge in [-0.2, -0.15) is 0 Å². The van der Waals surface area contributed by atoms with E-state index in [0.29, 0.717) is 16.5 Å². The zero-order chi connectivity index (χ0) is 11.9. The van der Waals surface area contributed by atoms with Gasteiger partial charge in [0.1, 0.15) is 11.5 Å². The number of halogens is 1. The molecule has 4 nitrogen and oxygen atoms in total. The maximum Gasteiger partial charge on any atom is 0.352 e. The van der Waals surface area contributed by atoms with Gasteiger partial charge in [0.2, 0.25) is 0 Å². The van der Waals surface area contributed by atoms with Crippen LogP contribution in [0.15, 0.2) is 18.2 Å². The molecule has 0 saturated heterocycles. The summed E-state index contributed by atoms with van der Waals surface area (Å²) in [6.45, 7) is 3.90. The van der Waals surface area contributed by atoms with E-state index in [-0.39, 0.29) is 11.6 Å². The maximum atomic E-state index is 11.1. The van der Waals surface area contributed by atoms with Crippen LogP contribution in [0.3, 0.4) is 0 Å². The Hall–Kier alpha value is -1.55. The van der Waals surface area contributed by atoms with Crippen LogP contribution in [-0.4, -0.2) is 20.5 Å². The Kier molecular flexibility index (Phi) is 2.59. The quantitative estimate of drug-likeness (QED) is 0.875. The van der Waals surface area contributed by atoms with Gasteiger partial charge >= 0.3 is 5.97 Å². The first-order valence-electron chi connectivity index (χ1n) is 4.92. The van der Waals surface area contributed by atoms with Crippen molar-refractivity contribution in [2.24, 2.45) is 0 Å². The standard InChI is InChI=1S/C11H11ClN2O2/c1-6(2)10-13-9(12)7-4-3-5-8(11(15)16)14(7)10/h3-6H,1-2H3,(H,15,16). The number of aromatic nitrogens is 2. The minimum atomic E-state index is -0.985. The van der Waals surface area contributed by atoms with Crippen molar-refractivity contribution in [2.45, 2.75) is 19.8 Å². The Bertz CT molecular complexity index is 560. The van der Waals surface area contributed by atoms with Gasteiger partial charge in [-0.25, -0.2) is 9.78 Å². The van der Waals surface area contributed by atoms with E-state index in [0.717, 1.165) is 0 Å². The van der Waals surface area contributed by atoms with Gasteiger partial charge < -0.3 is 5.11 Å². The molecular formula is C11H11ClN2O2. The van der Waals surface area contributed by atoms with Gasteiger partial charge in [0.05, 0.1) is 5.52 Å². The molecular weight excluding hydrogens is 228 g/mol. The number of rotatable bonds is 2. The van der Waals surface area contributed by atoms with Crippen LogP contribution in [0.5, 0.6) is 0 Å². The lowest BCUT2D eigenvalue weighted by Gasteiger charge is -2.06. The van der Waals surface area contributed by atoms with Gasteiger partial charge in [-0.3, -0.25) is 4.40 Å². The number of nitrogens with zero attached hydrogens (tertiary/aromatic N) is 2. The molecule has 0 amide bonds. The predicted molar refractivity (Wildman–Crippen MR) is 61.3 cm³/mol. The lowest BCUT2D eigenvalue weighted by Crippen LogP contribution is -2.08. The van der Waals surface area contributed by atoms with Crippen LogP contribution < -0.4 is 0 Å². The Morgan fingerprint density at radius 2 is 2.19 bits per heavy atom. The lowest BCUT2D eigenvalue weighted by molar-refractivity contribution is 0.0688. The highest BCUT2D eigenvalue weighted by Gasteiger charge is 2.17. The largest absolute Gasteiger partial charge is 0.477 e. The maximum absolute atomic E-state index is 11.1. The van der Waals surface area contributed by atoms with Crippen molar-refractivity contribution in [3.8, 4) is 0 Å². The second-order valence-electron chi connectivity index (χ2n) is 3.85. The van der Waals surface area contributed by atoms with Crippen molar-refractivity contribution in [2.75, 3.05) is 0 Å². The third kappa shape index (κ3) is 1.55. The molecule has 0 bridgehead atoms. The fraction of sp³-hybridized carbons (Fsp3) is 0.273. The summed E-state index contributed by atoms with van der Waals surface area (Å²) >= 11 is 5.97. The van der Waals surface area contributed by atoms with Crippen LogP contribution in [-0.2, 0) is 0 Å². The van der Waals surface area contributed by atoms with E-state index in [4.69, 9.17) is 16.7 Å². The average molecular weight is 239 g/mol. The molecule has 5 heteroatoms. The first kappa shape index (κ1) is 11.0. The molecule has 0 aliphatic carbocycles. The molecule has 84 valence electrons. The van der Waals surface area contributed by atoms with Gasteiger partial charge in [0, 0.05) is 5.92 Å². The molecule has 16 heavy (non-hydrogen) atoms. The summed E-state index contributed by atoms with van der Waals surface area (Å²) in [6, 6.07) is 4.96. The summed E-state index contributed by atoms with van der Waals surface area (Å²) in [5, 5.41) is 9.45. The molecule has 1 N–H and O–H groups in total. The van der Waals surface area contributed by atoms with Crippen molar-refractivity contribution in [3.05, 3.63) is 34.9 Å². The van der Waals surface area contributed by atoms with E-state index in [1.807, 2.05) is 13.8 Å². The normalized spacial score (nSPS) is 11.2. The zero-order valence-corrected chi connectivity index (χ0v) is 9.69. The molecule has 0 aromatic carbocycles. The van der Waals surface area contributed by atoms with E-state index >= 15 is 0 Å². The van der Waals surface area contributed by atoms with Gasteiger partial charge in [0.25, 0.3) is 0 Å². The number of imidazole rings is 1. The molecule has 0 aliphatic rings. The Morgan fingerprint density at radius 1 is 1.50 bits per heavy atom. The van der Waals surface area contributed by atoms with Crippen molar-refractivity contribution in [3.63, 3.8) is 0 Å². The van der Waals surface area contributed by atoms with Gasteiger partial charge in [-0.15, -0.1) is 0 Å². The lowest BCUT2D eigenvalue weighted by atomic mass is 10.2. The highest BCUT2D eigenvalue weighted by atomic mass is 35.5. The van der Waals surface area contributed by atoms with Crippen LogP contribution in [0.1, 0.15) is 36.1 Å². The third-order valence-corrected chi connectivity index (χ3v) is 2.66. The van der Waals surface area contributed by atoms with Crippen LogP contribution in [0, 0.1) is 0 Å². The van der Waals surface area contributed by atoms with E-state index in [2.05, 4.69) is 4.98 Å². The minimum absolute atomic E-state index is 0.112. The summed E-state index contributed by atoms with van der Waals surface area (Å²) in [5.74, 6) is -0.208. The molecule has 0 atom stereocenters. The molecule has 0 saturated carbocycles. The number of hydrogen-bond donors (Lipinski definition) is 1. The van der Waals surface area contributed by atoms with Crippen LogP contribution >= 0.6 is 11.6 Å². The van der Waals surface area contributed by atoms with E-state index in [1.54, 1.807) is 22.6 Å². The topological polar surface area (TPSA) is 54.6 Å².